The lowest BCUT2D eigenvalue weighted by Crippen LogP contribution is -2.75. The van der Waals surface area contributed by atoms with Gasteiger partial charge >= 0.3 is 6.09 Å². The van der Waals surface area contributed by atoms with Crippen molar-refractivity contribution in [3.8, 4) is 0 Å². The number of hydrogen-bond donors (Lipinski definition) is 0. The van der Waals surface area contributed by atoms with E-state index in [0.717, 1.165) is 19.6 Å². The van der Waals surface area contributed by atoms with Crippen LogP contribution in [0.15, 0.2) is 30.3 Å². The number of rotatable bonds is 2. The van der Waals surface area contributed by atoms with E-state index >= 15 is 0 Å². The molecule has 4 nitrogen and oxygen atoms in total. The molecule has 1 saturated carbocycles. The van der Waals surface area contributed by atoms with Gasteiger partial charge < -0.3 is 9.64 Å². The maximum atomic E-state index is 12.4. The smallest absolute Gasteiger partial charge is 0.410 e. The number of nitrogens with zero attached hydrogens (tertiary/aromatic N) is 2. The Morgan fingerprint density at radius 2 is 2.00 bits per heavy atom. The summed E-state index contributed by atoms with van der Waals surface area (Å²) in [6.45, 7) is 8.49. The first-order valence-corrected chi connectivity index (χ1v) is 8.67. The van der Waals surface area contributed by atoms with Crippen molar-refractivity contribution in [3.05, 3.63) is 35.9 Å². The number of ether oxygens (including phenoxy) is 1. The largest absolute Gasteiger partial charge is 0.444 e. The Morgan fingerprint density at radius 1 is 1.26 bits per heavy atom. The molecule has 1 aliphatic carbocycles. The van der Waals surface area contributed by atoms with Gasteiger partial charge in [-0.05, 0) is 39.2 Å². The fourth-order valence-electron chi connectivity index (χ4n) is 4.68. The highest BCUT2D eigenvalue weighted by molar-refractivity contribution is 5.69. The molecular formula is C19H26N2O2. The predicted octanol–water partition coefficient (Wildman–Crippen LogP) is 3.27. The standard InChI is InChI=1S/C19H26N2O2/c1-18(2,3)23-17(22)20-12-16-19(13-20)10-9-15(19)21(16)11-14-7-5-4-6-8-14/h4-8,15-16H,9-13H2,1-3H3. The monoisotopic (exact) mass is 314 g/mol. The molecule has 3 unspecified atom stereocenters. The van der Waals surface area contributed by atoms with Gasteiger partial charge in [-0.15, -0.1) is 0 Å². The van der Waals surface area contributed by atoms with E-state index in [1.807, 2.05) is 25.7 Å². The number of carbonyl (C=O) groups excluding carboxylic acids is 1. The number of hydrogen-bond acceptors (Lipinski definition) is 3. The van der Waals surface area contributed by atoms with Crippen molar-refractivity contribution in [1.82, 2.24) is 9.80 Å². The summed E-state index contributed by atoms with van der Waals surface area (Å²) in [6.07, 6.45) is 2.38. The molecule has 0 radical (unpaired) electrons. The lowest BCUT2D eigenvalue weighted by Gasteiger charge is -2.67. The molecule has 2 saturated heterocycles. The molecule has 0 N–H and O–H groups in total. The van der Waals surface area contributed by atoms with Gasteiger partial charge in [-0.3, -0.25) is 4.90 Å². The van der Waals surface area contributed by atoms with Crippen LogP contribution >= 0.6 is 0 Å². The van der Waals surface area contributed by atoms with Crippen LogP contribution < -0.4 is 0 Å². The average molecular weight is 314 g/mol. The summed E-state index contributed by atoms with van der Waals surface area (Å²) < 4.78 is 5.57. The molecule has 1 aromatic rings. The Kier molecular flexibility index (Phi) is 3.24. The van der Waals surface area contributed by atoms with Crippen molar-refractivity contribution in [3.63, 3.8) is 0 Å². The number of carbonyl (C=O) groups is 1. The van der Waals surface area contributed by atoms with E-state index in [4.69, 9.17) is 4.74 Å². The molecule has 124 valence electrons. The van der Waals surface area contributed by atoms with E-state index in [-0.39, 0.29) is 6.09 Å². The summed E-state index contributed by atoms with van der Waals surface area (Å²) in [7, 11) is 0. The normalized spacial score (nSPS) is 32.6. The fourth-order valence-corrected chi connectivity index (χ4v) is 4.68. The maximum Gasteiger partial charge on any atom is 0.410 e. The zero-order chi connectivity index (χ0) is 16.2. The van der Waals surface area contributed by atoms with Crippen LogP contribution in [0.1, 0.15) is 39.2 Å². The molecule has 23 heavy (non-hydrogen) atoms. The van der Waals surface area contributed by atoms with Gasteiger partial charge in [0.05, 0.1) is 0 Å². The van der Waals surface area contributed by atoms with Crippen LogP contribution in [0.25, 0.3) is 0 Å². The van der Waals surface area contributed by atoms with Gasteiger partial charge in [0.2, 0.25) is 0 Å². The Balaban J connectivity index is 1.45. The Bertz CT molecular complexity index is 610. The summed E-state index contributed by atoms with van der Waals surface area (Å²) in [5, 5.41) is 0. The summed E-state index contributed by atoms with van der Waals surface area (Å²) in [5.41, 5.74) is 1.30. The van der Waals surface area contributed by atoms with Crippen molar-refractivity contribution < 1.29 is 9.53 Å². The highest BCUT2D eigenvalue weighted by atomic mass is 16.6. The Morgan fingerprint density at radius 3 is 2.61 bits per heavy atom. The number of benzene rings is 1. The van der Waals surface area contributed by atoms with E-state index in [9.17, 15) is 4.79 Å². The molecule has 3 atom stereocenters. The van der Waals surface area contributed by atoms with Gasteiger partial charge in [-0.1, -0.05) is 30.3 Å². The van der Waals surface area contributed by atoms with Crippen LogP contribution in [0.3, 0.4) is 0 Å². The van der Waals surface area contributed by atoms with Crippen LogP contribution in [0, 0.1) is 5.41 Å². The summed E-state index contributed by atoms with van der Waals surface area (Å²) in [5.74, 6) is 0. The van der Waals surface area contributed by atoms with Gasteiger partial charge in [0.25, 0.3) is 0 Å². The zero-order valence-electron chi connectivity index (χ0n) is 14.3. The van der Waals surface area contributed by atoms with Crippen molar-refractivity contribution in [2.24, 2.45) is 5.41 Å². The molecule has 0 aromatic heterocycles. The Labute approximate surface area is 138 Å². The van der Waals surface area contributed by atoms with E-state index < -0.39 is 5.60 Å². The van der Waals surface area contributed by atoms with E-state index in [1.165, 1.54) is 18.4 Å². The zero-order valence-corrected chi connectivity index (χ0v) is 14.3. The molecule has 1 spiro atoms. The minimum absolute atomic E-state index is 0.147. The molecule has 3 fully saturated rings. The van der Waals surface area contributed by atoms with Gasteiger partial charge in [-0.25, -0.2) is 4.79 Å². The van der Waals surface area contributed by atoms with Gasteiger partial charge in [0, 0.05) is 37.1 Å². The molecular weight excluding hydrogens is 288 g/mol. The topological polar surface area (TPSA) is 32.8 Å². The van der Waals surface area contributed by atoms with E-state index in [2.05, 4.69) is 35.2 Å². The highest BCUT2D eigenvalue weighted by Crippen LogP contribution is 2.61. The second kappa shape index (κ2) is 4.97. The summed E-state index contributed by atoms with van der Waals surface area (Å²) in [6, 6.07) is 11.8. The minimum atomic E-state index is -0.418. The maximum absolute atomic E-state index is 12.4. The van der Waals surface area contributed by atoms with Crippen molar-refractivity contribution in [2.75, 3.05) is 13.1 Å². The third-order valence-corrected chi connectivity index (χ3v) is 5.75. The first-order valence-electron chi connectivity index (χ1n) is 8.67. The van der Waals surface area contributed by atoms with Crippen LogP contribution in [0.4, 0.5) is 4.79 Å². The lowest BCUT2D eigenvalue weighted by atomic mass is 9.53. The average Bonchev–Trinajstić information content (AvgIpc) is 2.85. The number of piperidine rings is 1. The van der Waals surface area contributed by atoms with Crippen LogP contribution in [0.5, 0.6) is 0 Å². The van der Waals surface area contributed by atoms with Gasteiger partial charge in [-0.2, -0.15) is 0 Å². The molecule has 0 bridgehead atoms. The van der Waals surface area contributed by atoms with Crippen LogP contribution in [0.2, 0.25) is 0 Å². The van der Waals surface area contributed by atoms with Crippen LogP contribution in [-0.2, 0) is 11.3 Å². The third kappa shape index (κ3) is 2.35. The Hall–Kier alpha value is -1.55. The third-order valence-electron chi connectivity index (χ3n) is 5.75. The molecule has 2 aliphatic heterocycles. The highest BCUT2D eigenvalue weighted by Gasteiger charge is 2.69. The molecule has 3 aliphatic rings. The second-order valence-electron chi connectivity index (χ2n) is 8.32. The fraction of sp³-hybridized carbons (Fsp3) is 0.632. The van der Waals surface area contributed by atoms with Crippen LogP contribution in [-0.4, -0.2) is 46.7 Å². The van der Waals surface area contributed by atoms with E-state index in [1.54, 1.807) is 0 Å². The first-order chi connectivity index (χ1) is 10.9. The predicted molar refractivity (Wildman–Crippen MR) is 89.0 cm³/mol. The quantitative estimate of drug-likeness (QED) is 0.840. The lowest BCUT2D eigenvalue weighted by molar-refractivity contribution is -0.182. The minimum Gasteiger partial charge on any atom is -0.444 e. The van der Waals surface area contributed by atoms with Crippen molar-refractivity contribution in [2.45, 2.75) is 57.8 Å². The van der Waals surface area contributed by atoms with Gasteiger partial charge in [0.1, 0.15) is 5.60 Å². The molecule has 1 amide bonds. The van der Waals surface area contributed by atoms with Gasteiger partial charge in [0.15, 0.2) is 0 Å². The van der Waals surface area contributed by atoms with Crippen molar-refractivity contribution >= 4 is 6.09 Å². The molecule has 4 rings (SSSR count). The summed E-state index contributed by atoms with van der Waals surface area (Å²) >= 11 is 0. The SMILES string of the molecule is CC(C)(C)OC(=O)N1CC2N(Cc3ccccc3)C3CCC32C1. The molecule has 2 heterocycles. The summed E-state index contributed by atoms with van der Waals surface area (Å²) in [4.78, 5) is 16.9. The second-order valence-corrected chi connectivity index (χ2v) is 8.32. The first kappa shape index (κ1) is 15.0. The molecule has 4 heteroatoms. The van der Waals surface area contributed by atoms with E-state index in [0.29, 0.717) is 17.5 Å². The van der Waals surface area contributed by atoms with Crippen molar-refractivity contribution in [1.29, 1.82) is 0 Å². The number of likely N-dealkylation sites (tertiary alicyclic amines) is 2. The molecule has 1 aromatic carbocycles. The number of amides is 1.